The number of thiophene rings is 1. The Labute approximate surface area is 308 Å². The standard InChI is InChI=1S/C47H32N2S.C2H6/c1-2-36-37-16-5-8-19-42(37)48(34-13-3-4-14-34)44(36)26-22-31-23-27-45-41(28-31)38-17-6-9-20-43(38)49(45)35-15-11-12-32(29-35)33-24-25-40-39-18-7-10-21-46(39)50-47(40)30-33;1-2/h2-13,15-30H,1,14H2;1-2H3. The monoisotopic (exact) mass is 686 g/mol. The maximum Gasteiger partial charge on any atom is 0.0541 e. The molecule has 6 aromatic carbocycles. The average molecular weight is 687 g/mol. The van der Waals surface area contributed by atoms with Crippen LogP contribution in [0.15, 0.2) is 158 Å². The third-order valence-corrected chi connectivity index (χ3v) is 11.3. The van der Waals surface area contributed by atoms with Gasteiger partial charge in [0.05, 0.1) is 22.2 Å². The van der Waals surface area contributed by atoms with E-state index in [0.29, 0.717) is 0 Å². The van der Waals surface area contributed by atoms with E-state index in [1.807, 2.05) is 31.3 Å². The minimum atomic E-state index is 0.919. The molecule has 0 spiro atoms. The second-order valence-electron chi connectivity index (χ2n) is 13.0. The van der Waals surface area contributed by atoms with Gasteiger partial charge < -0.3 is 9.13 Å². The minimum absolute atomic E-state index is 0.919. The van der Waals surface area contributed by atoms with E-state index in [1.54, 1.807) is 0 Å². The highest BCUT2D eigenvalue weighted by Crippen LogP contribution is 2.39. The first kappa shape index (κ1) is 31.8. The van der Waals surface area contributed by atoms with Crippen LogP contribution >= 0.6 is 11.3 Å². The van der Waals surface area contributed by atoms with Crippen molar-refractivity contribution in [3.8, 4) is 16.8 Å². The maximum atomic E-state index is 4.21. The average Bonchev–Trinajstić information content (AvgIpc) is 4.00. The molecule has 1 aliphatic carbocycles. The van der Waals surface area contributed by atoms with Crippen LogP contribution in [0.25, 0.3) is 93.6 Å². The molecule has 0 atom stereocenters. The van der Waals surface area contributed by atoms with E-state index < -0.39 is 0 Å². The van der Waals surface area contributed by atoms with E-state index in [2.05, 4.69) is 180 Å². The second kappa shape index (κ2) is 13.2. The van der Waals surface area contributed by atoms with Crippen LogP contribution in [-0.4, -0.2) is 9.13 Å². The number of allylic oxidation sites excluding steroid dienone is 4. The topological polar surface area (TPSA) is 9.86 Å². The molecular weight excluding hydrogens is 649 g/mol. The molecule has 0 saturated carbocycles. The number of hydrogen-bond donors (Lipinski definition) is 0. The Bertz CT molecular complexity index is 2920. The lowest BCUT2D eigenvalue weighted by molar-refractivity contribution is 1.09. The lowest BCUT2D eigenvalue weighted by Gasteiger charge is -2.11. The second-order valence-corrected chi connectivity index (χ2v) is 14.1. The van der Waals surface area contributed by atoms with Crippen molar-refractivity contribution in [2.24, 2.45) is 0 Å². The van der Waals surface area contributed by atoms with Gasteiger partial charge in [0.2, 0.25) is 0 Å². The van der Waals surface area contributed by atoms with Gasteiger partial charge in [-0.2, -0.15) is 0 Å². The summed E-state index contributed by atoms with van der Waals surface area (Å²) in [4.78, 5) is 0. The fourth-order valence-corrected chi connectivity index (χ4v) is 9.00. The molecule has 0 radical (unpaired) electrons. The molecule has 3 heterocycles. The van der Waals surface area contributed by atoms with Crippen molar-refractivity contribution < 1.29 is 0 Å². The van der Waals surface area contributed by atoms with Gasteiger partial charge in [-0.15, -0.1) is 11.3 Å². The number of fused-ring (bicyclic) bond motifs is 7. The largest absolute Gasteiger partial charge is 0.313 e. The van der Waals surface area contributed by atoms with Crippen molar-refractivity contribution in [2.45, 2.75) is 20.3 Å². The van der Waals surface area contributed by atoms with Gasteiger partial charge in [0.1, 0.15) is 0 Å². The number of hydrogen-bond acceptors (Lipinski definition) is 1. The fourth-order valence-electron chi connectivity index (χ4n) is 7.85. The number of para-hydroxylation sites is 2. The van der Waals surface area contributed by atoms with Crippen LogP contribution < -0.4 is 0 Å². The van der Waals surface area contributed by atoms with Crippen molar-refractivity contribution in [3.05, 3.63) is 175 Å². The zero-order valence-electron chi connectivity index (χ0n) is 29.4. The molecule has 9 aromatic rings. The predicted molar refractivity (Wildman–Crippen MR) is 229 cm³/mol. The highest BCUT2D eigenvalue weighted by atomic mass is 32.1. The van der Waals surface area contributed by atoms with Crippen molar-refractivity contribution in [2.75, 3.05) is 0 Å². The zero-order chi connectivity index (χ0) is 35.2. The van der Waals surface area contributed by atoms with E-state index in [1.165, 1.54) is 69.7 Å². The Hall–Kier alpha value is -6.16. The molecule has 0 saturated heterocycles. The van der Waals surface area contributed by atoms with Crippen molar-refractivity contribution in [1.82, 2.24) is 9.13 Å². The third-order valence-electron chi connectivity index (χ3n) is 10.1. The lowest BCUT2D eigenvalue weighted by atomic mass is 10.0. The normalized spacial score (nSPS) is 12.8. The Morgan fingerprint density at radius 1 is 0.577 bits per heavy atom. The molecule has 2 nitrogen and oxygen atoms in total. The molecule has 1 aliphatic rings. The summed E-state index contributed by atoms with van der Waals surface area (Å²) in [5.74, 6) is 0. The first-order valence-electron chi connectivity index (χ1n) is 18.1. The van der Waals surface area contributed by atoms with Gasteiger partial charge in [-0.1, -0.05) is 130 Å². The van der Waals surface area contributed by atoms with Gasteiger partial charge >= 0.3 is 0 Å². The van der Waals surface area contributed by atoms with Gasteiger partial charge in [-0.25, -0.2) is 0 Å². The molecule has 0 N–H and O–H groups in total. The molecule has 0 aliphatic heterocycles. The highest BCUT2D eigenvalue weighted by Gasteiger charge is 2.17. The quantitative estimate of drug-likeness (QED) is 0.165. The maximum absolute atomic E-state index is 4.21. The third kappa shape index (κ3) is 5.16. The summed E-state index contributed by atoms with van der Waals surface area (Å²) in [5, 5.41) is 6.37. The van der Waals surface area contributed by atoms with Crippen molar-refractivity contribution in [1.29, 1.82) is 0 Å². The number of aromatic nitrogens is 2. The van der Waals surface area contributed by atoms with E-state index in [-0.39, 0.29) is 0 Å². The first-order valence-corrected chi connectivity index (χ1v) is 18.9. The van der Waals surface area contributed by atoms with Gasteiger partial charge in [0, 0.05) is 59.7 Å². The molecule has 0 fully saturated rings. The van der Waals surface area contributed by atoms with Crippen molar-refractivity contribution >= 4 is 88.1 Å². The Balaban J connectivity index is 0.00000177. The number of nitrogens with zero attached hydrogens (tertiary/aromatic N) is 2. The van der Waals surface area contributed by atoms with Gasteiger partial charge in [-0.3, -0.25) is 0 Å². The summed E-state index contributed by atoms with van der Waals surface area (Å²) in [6.07, 6.45) is 14.0. The molecule has 3 heteroatoms. The molecule has 3 aromatic heterocycles. The molecule has 10 rings (SSSR count). The summed E-state index contributed by atoms with van der Waals surface area (Å²) in [7, 11) is 0. The van der Waals surface area contributed by atoms with Crippen LogP contribution in [0.4, 0.5) is 0 Å². The van der Waals surface area contributed by atoms with Crippen LogP contribution in [0.1, 0.15) is 37.1 Å². The number of benzene rings is 6. The van der Waals surface area contributed by atoms with Crippen molar-refractivity contribution in [3.63, 3.8) is 0 Å². The molecule has 0 unspecified atom stereocenters. The minimum Gasteiger partial charge on any atom is -0.313 e. The highest BCUT2D eigenvalue weighted by molar-refractivity contribution is 7.25. The SMILES string of the molecule is C=Cc1c(C=Cc2ccc3c(c2)c2ccccc2n3-c2cccc(-c3ccc4c(c3)sc3ccccc34)c2)n(C2=CC=CC2)c2ccccc12.CC. The van der Waals surface area contributed by atoms with E-state index >= 15 is 0 Å². The van der Waals surface area contributed by atoms with E-state index in [9.17, 15) is 0 Å². The van der Waals surface area contributed by atoms with Crippen LogP contribution in [0.2, 0.25) is 0 Å². The number of rotatable bonds is 6. The Morgan fingerprint density at radius 2 is 1.29 bits per heavy atom. The molecule has 0 bridgehead atoms. The smallest absolute Gasteiger partial charge is 0.0541 e. The summed E-state index contributed by atoms with van der Waals surface area (Å²) >= 11 is 1.87. The van der Waals surface area contributed by atoms with Gasteiger partial charge in [-0.05, 0) is 77.4 Å². The van der Waals surface area contributed by atoms with Gasteiger partial charge in [0.25, 0.3) is 0 Å². The van der Waals surface area contributed by atoms with Gasteiger partial charge in [0.15, 0.2) is 0 Å². The molecule has 250 valence electrons. The summed E-state index contributed by atoms with van der Waals surface area (Å²) in [6.45, 7) is 8.21. The van der Waals surface area contributed by atoms with Crippen LogP contribution in [0, 0.1) is 0 Å². The Kier molecular flexibility index (Phi) is 8.06. The molecular formula is C49H38N2S. The Morgan fingerprint density at radius 3 is 2.10 bits per heavy atom. The van der Waals surface area contributed by atoms with E-state index in [0.717, 1.165) is 28.9 Å². The van der Waals surface area contributed by atoms with Crippen LogP contribution in [-0.2, 0) is 0 Å². The molecule has 52 heavy (non-hydrogen) atoms. The summed E-state index contributed by atoms with van der Waals surface area (Å²) in [5.41, 5.74) is 12.0. The summed E-state index contributed by atoms with van der Waals surface area (Å²) < 4.78 is 7.45. The summed E-state index contributed by atoms with van der Waals surface area (Å²) in [6, 6.07) is 48.8. The zero-order valence-corrected chi connectivity index (χ0v) is 30.2. The van der Waals surface area contributed by atoms with Crippen LogP contribution in [0.5, 0.6) is 0 Å². The predicted octanol–water partition coefficient (Wildman–Crippen LogP) is 14.4. The first-order chi connectivity index (χ1) is 25.7. The lowest BCUT2D eigenvalue weighted by Crippen LogP contribution is -1.97. The van der Waals surface area contributed by atoms with E-state index in [4.69, 9.17) is 0 Å². The fraction of sp³-hybridized carbons (Fsp3) is 0.0612. The molecule has 0 amide bonds. The van der Waals surface area contributed by atoms with Crippen LogP contribution in [0.3, 0.4) is 0 Å².